The molecule has 3 aromatic rings. The summed E-state index contributed by atoms with van der Waals surface area (Å²) >= 11 is 1.68. The molecule has 146 valence electrons. The van der Waals surface area contributed by atoms with Crippen molar-refractivity contribution >= 4 is 41.3 Å². The fraction of sp³-hybridized carbons (Fsp3) is 0.412. The highest BCUT2D eigenvalue weighted by Gasteiger charge is 2.08. The Morgan fingerprint density at radius 3 is 2.89 bits per heavy atom. The van der Waals surface area contributed by atoms with Crippen molar-refractivity contribution in [2.24, 2.45) is 4.99 Å². The summed E-state index contributed by atoms with van der Waals surface area (Å²) in [6.07, 6.45) is 3.16. The van der Waals surface area contributed by atoms with Gasteiger partial charge in [-0.15, -0.1) is 35.3 Å². The molecule has 8 nitrogen and oxygen atoms in total. The van der Waals surface area contributed by atoms with Gasteiger partial charge in [-0.25, -0.2) is 9.97 Å². The minimum Gasteiger partial charge on any atom is -0.461 e. The first-order valence-corrected chi connectivity index (χ1v) is 9.51. The topological polar surface area (TPSA) is 104 Å². The molecule has 0 atom stereocenters. The summed E-state index contributed by atoms with van der Waals surface area (Å²) in [5, 5.41) is 16.9. The lowest BCUT2D eigenvalue weighted by molar-refractivity contribution is 0.577. The number of nitrogens with zero attached hydrogens (tertiary/aromatic N) is 4. The van der Waals surface area contributed by atoms with Crippen molar-refractivity contribution < 1.29 is 4.42 Å². The van der Waals surface area contributed by atoms with Gasteiger partial charge in [-0.1, -0.05) is 0 Å². The Morgan fingerprint density at radius 2 is 2.19 bits per heavy atom. The minimum atomic E-state index is 0. The lowest BCUT2D eigenvalue weighted by atomic mass is 10.3. The van der Waals surface area contributed by atoms with Crippen LogP contribution >= 0.6 is 35.3 Å². The Balaban J connectivity index is 0.00000261. The molecular weight excluding hydrogens is 477 g/mol. The average Bonchev–Trinajstić information content (AvgIpc) is 3.36. The van der Waals surface area contributed by atoms with Gasteiger partial charge in [0.2, 0.25) is 5.82 Å². The Hall–Kier alpha value is -1.95. The van der Waals surface area contributed by atoms with Gasteiger partial charge in [0.05, 0.1) is 17.0 Å². The Kier molecular flexibility index (Phi) is 8.72. The maximum atomic E-state index is 5.29. The van der Waals surface area contributed by atoms with E-state index in [1.807, 2.05) is 26.0 Å². The Morgan fingerprint density at radius 1 is 1.30 bits per heavy atom. The molecule has 3 N–H and O–H groups in total. The van der Waals surface area contributed by atoms with Gasteiger partial charge in [-0.3, -0.25) is 10.1 Å². The molecule has 27 heavy (non-hydrogen) atoms. The summed E-state index contributed by atoms with van der Waals surface area (Å²) in [4.78, 5) is 13.5. The van der Waals surface area contributed by atoms with Crippen LogP contribution in [0.3, 0.4) is 0 Å². The van der Waals surface area contributed by atoms with Crippen LogP contribution in [0.4, 0.5) is 0 Å². The van der Waals surface area contributed by atoms with Crippen LogP contribution in [0.2, 0.25) is 0 Å². The molecule has 0 bridgehead atoms. The number of thiazole rings is 1. The van der Waals surface area contributed by atoms with E-state index in [2.05, 4.69) is 41.2 Å². The van der Waals surface area contributed by atoms with Gasteiger partial charge >= 0.3 is 0 Å². The van der Waals surface area contributed by atoms with E-state index >= 15 is 0 Å². The number of aromatic nitrogens is 4. The first-order valence-electron chi connectivity index (χ1n) is 8.63. The van der Waals surface area contributed by atoms with Gasteiger partial charge in [0, 0.05) is 37.9 Å². The molecule has 0 aliphatic carbocycles. The molecule has 0 spiro atoms. The summed E-state index contributed by atoms with van der Waals surface area (Å²) in [6.45, 7) is 6.28. The largest absolute Gasteiger partial charge is 0.461 e. The highest BCUT2D eigenvalue weighted by Crippen LogP contribution is 2.14. The van der Waals surface area contributed by atoms with Crippen LogP contribution in [0.25, 0.3) is 11.6 Å². The second-order valence-corrected chi connectivity index (χ2v) is 6.69. The van der Waals surface area contributed by atoms with Crippen LogP contribution in [-0.4, -0.2) is 45.8 Å². The van der Waals surface area contributed by atoms with Crippen LogP contribution in [-0.2, 0) is 12.8 Å². The zero-order valence-corrected chi connectivity index (χ0v) is 18.5. The highest BCUT2D eigenvalue weighted by molar-refractivity contribution is 14.0. The molecular formula is C17H24IN7OS. The number of halogens is 1. The van der Waals surface area contributed by atoms with Crippen molar-refractivity contribution in [2.75, 3.05) is 19.6 Å². The summed E-state index contributed by atoms with van der Waals surface area (Å²) in [6, 6.07) is 3.65. The predicted molar refractivity (Wildman–Crippen MR) is 118 cm³/mol. The molecule has 0 unspecified atom stereocenters. The summed E-state index contributed by atoms with van der Waals surface area (Å²) in [5.41, 5.74) is 1.11. The van der Waals surface area contributed by atoms with Crippen LogP contribution in [0, 0.1) is 6.92 Å². The third-order valence-electron chi connectivity index (χ3n) is 3.58. The molecule has 0 aliphatic heterocycles. The van der Waals surface area contributed by atoms with E-state index in [-0.39, 0.29) is 24.0 Å². The fourth-order valence-electron chi connectivity index (χ4n) is 2.37. The van der Waals surface area contributed by atoms with Gasteiger partial charge < -0.3 is 15.1 Å². The highest BCUT2D eigenvalue weighted by atomic mass is 127. The van der Waals surface area contributed by atoms with Crippen molar-refractivity contribution in [1.82, 2.24) is 30.8 Å². The molecule has 0 amide bonds. The van der Waals surface area contributed by atoms with Crippen molar-refractivity contribution in [3.05, 3.63) is 40.3 Å². The number of H-pyrrole nitrogens is 1. The van der Waals surface area contributed by atoms with E-state index in [9.17, 15) is 0 Å². The van der Waals surface area contributed by atoms with E-state index < -0.39 is 0 Å². The van der Waals surface area contributed by atoms with Crippen molar-refractivity contribution in [3.63, 3.8) is 0 Å². The zero-order valence-electron chi connectivity index (χ0n) is 15.4. The number of guanidine groups is 1. The lowest BCUT2D eigenvalue weighted by Crippen LogP contribution is -2.38. The zero-order chi connectivity index (χ0) is 18.2. The first-order chi connectivity index (χ1) is 12.7. The Labute approximate surface area is 179 Å². The summed E-state index contributed by atoms with van der Waals surface area (Å²) < 4.78 is 5.29. The van der Waals surface area contributed by atoms with Crippen molar-refractivity contribution in [3.8, 4) is 11.6 Å². The predicted octanol–water partition coefficient (Wildman–Crippen LogP) is 2.79. The van der Waals surface area contributed by atoms with E-state index in [1.54, 1.807) is 17.6 Å². The standard InChI is InChI=1S/C17H23N7OS.HI/c1-3-18-17(19-8-6-13-11-26-12(2)21-13)20-9-7-15-22-16(24-23-15)14-5-4-10-25-14;/h4-5,10-11H,3,6-9H2,1-2H3,(H2,18,19,20)(H,22,23,24);1H. The third kappa shape index (κ3) is 6.61. The Bertz CT molecular complexity index is 828. The quantitative estimate of drug-likeness (QED) is 0.249. The van der Waals surface area contributed by atoms with E-state index in [1.165, 1.54) is 0 Å². The molecule has 0 aliphatic rings. The molecule has 10 heteroatoms. The number of aromatic amines is 1. The number of aryl methyl sites for hydroxylation is 1. The molecule has 0 radical (unpaired) electrons. The number of furan rings is 1. The molecule has 0 saturated heterocycles. The van der Waals surface area contributed by atoms with Crippen LogP contribution in [0.5, 0.6) is 0 Å². The van der Waals surface area contributed by atoms with Crippen LogP contribution < -0.4 is 10.6 Å². The number of rotatable bonds is 8. The maximum absolute atomic E-state index is 5.29. The fourth-order valence-corrected chi connectivity index (χ4v) is 3.02. The molecule has 0 aromatic carbocycles. The van der Waals surface area contributed by atoms with E-state index in [0.29, 0.717) is 24.6 Å². The molecule has 3 aromatic heterocycles. The number of aliphatic imine (C=N–C) groups is 1. The SMILES string of the molecule is CCNC(=NCCc1nc(-c2ccco2)n[nH]1)NCCc1csc(C)n1.I. The molecule has 3 heterocycles. The number of nitrogens with one attached hydrogen (secondary N) is 3. The molecule has 0 fully saturated rings. The maximum Gasteiger partial charge on any atom is 0.216 e. The van der Waals surface area contributed by atoms with Crippen LogP contribution in [0.1, 0.15) is 23.4 Å². The molecule has 0 saturated carbocycles. The number of hydrogen-bond acceptors (Lipinski definition) is 6. The van der Waals surface area contributed by atoms with E-state index in [4.69, 9.17) is 4.42 Å². The summed E-state index contributed by atoms with van der Waals surface area (Å²) in [7, 11) is 0. The molecule has 3 rings (SSSR count). The van der Waals surface area contributed by atoms with Crippen molar-refractivity contribution in [2.45, 2.75) is 26.7 Å². The van der Waals surface area contributed by atoms with Gasteiger partial charge in [0.15, 0.2) is 11.7 Å². The van der Waals surface area contributed by atoms with Crippen LogP contribution in [0.15, 0.2) is 33.2 Å². The summed E-state index contributed by atoms with van der Waals surface area (Å²) in [5.74, 6) is 2.81. The first kappa shape index (κ1) is 21.4. The van der Waals surface area contributed by atoms with Gasteiger partial charge in [0.1, 0.15) is 5.82 Å². The van der Waals surface area contributed by atoms with Crippen molar-refractivity contribution in [1.29, 1.82) is 0 Å². The second kappa shape index (κ2) is 11.0. The second-order valence-electron chi connectivity index (χ2n) is 5.63. The number of hydrogen-bond donors (Lipinski definition) is 3. The van der Waals surface area contributed by atoms with Gasteiger partial charge in [0.25, 0.3) is 0 Å². The third-order valence-corrected chi connectivity index (χ3v) is 4.40. The van der Waals surface area contributed by atoms with Gasteiger partial charge in [-0.05, 0) is 26.0 Å². The smallest absolute Gasteiger partial charge is 0.216 e. The lowest BCUT2D eigenvalue weighted by Gasteiger charge is -2.10. The monoisotopic (exact) mass is 501 g/mol. The van der Waals surface area contributed by atoms with E-state index in [0.717, 1.165) is 42.0 Å². The minimum absolute atomic E-state index is 0. The average molecular weight is 501 g/mol. The van der Waals surface area contributed by atoms with Gasteiger partial charge in [-0.2, -0.15) is 5.10 Å². The normalized spacial score (nSPS) is 11.3.